The number of aromatic nitrogens is 2. The molecule has 1 atom stereocenters. The van der Waals surface area contributed by atoms with E-state index in [1.165, 1.54) is 30.6 Å². The van der Waals surface area contributed by atoms with Crippen molar-refractivity contribution >= 4 is 33.3 Å². The molecule has 1 amide bonds. The molecule has 1 aliphatic heterocycles. The summed E-state index contributed by atoms with van der Waals surface area (Å²) in [6, 6.07) is 14.0. The van der Waals surface area contributed by atoms with Crippen LogP contribution in [-0.2, 0) is 19.1 Å². The summed E-state index contributed by atoms with van der Waals surface area (Å²) in [6.07, 6.45) is -4.03. The summed E-state index contributed by atoms with van der Waals surface area (Å²) in [5, 5.41) is 4.06. The van der Waals surface area contributed by atoms with Gasteiger partial charge in [0.1, 0.15) is 7.11 Å². The summed E-state index contributed by atoms with van der Waals surface area (Å²) >= 11 is 1.41. The first-order valence-corrected chi connectivity index (χ1v) is 12.4. The van der Waals surface area contributed by atoms with Gasteiger partial charge < -0.3 is 15.1 Å². The molecule has 0 spiro atoms. The van der Waals surface area contributed by atoms with Gasteiger partial charge in [0.2, 0.25) is 5.95 Å². The van der Waals surface area contributed by atoms with E-state index in [2.05, 4.69) is 10.3 Å². The molecular weight excluding hydrogens is 505 g/mol. The van der Waals surface area contributed by atoms with Gasteiger partial charge >= 0.3 is 6.18 Å². The van der Waals surface area contributed by atoms with E-state index in [0.717, 1.165) is 26.9 Å². The number of alkyl halides is 3. The Morgan fingerprint density at radius 1 is 1.16 bits per heavy atom. The Labute approximate surface area is 214 Å². The predicted molar refractivity (Wildman–Crippen MR) is 135 cm³/mol. The van der Waals surface area contributed by atoms with Crippen molar-refractivity contribution in [2.45, 2.75) is 32.1 Å². The van der Waals surface area contributed by atoms with E-state index < -0.39 is 23.3 Å². The van der Waals surface area contributed by atoms with Crippen molar-refractivity contribution in [2.75, 3.05) is 19.0 Å². The minimum absolute atomic E-state index is 0.104. The van der Waals surface area contributed by atoms with E-state index >= 15 is 0 Å². The fraction of sp³-hybridized carbons (Fsp3) is 0.269. The lowest BCUT2D eigenvalue weighted by Gasteiger charge is -2.28. The Morgan fingerprint density at radius 2 is 1.89 bits per heavy atom. The van der Waals surface area contributed by atoms with E-state index in [1.54, 1.807) is 11.8 Å². The monoisotopic (exact) mass is 528 g/mol. The maximum Gasteiger partial charge on any atom is 0.416 e. The molecule has 0 radical (unpaired) electrons. The highest BCUT2D eigenvalue weighted by Crippen LogP contribution is 2.31. The van der Waals surface area contributed by atoms with Crippen LogP contribution in [-0.4, -0.2) is 34.2 Å². The zero-order chi connectivity index (χ0) is 26.3. The minimum Gasteiger partial charge on any atom is -0.411 e. The predicted octanol–water partition coefficient (Wildman–Crippen LogP) is 4.91. The van der Waals surface area contributed by atoms with Crippen LogP contribution in [0.15, 0.2) is 59.4 Å². The number of hydrogen-bond donors (Lipinski definition) is 1. The third-order valence-corrected chi connectivity index (χ3v) is 7.49. The molecule has 192 valence electrons. The van der Waals surface area contributed by atoms with Crippen molar-refractivity contribution in [3.8, 4) is 0 Å². The lowest BCUT2D eigenvalue weighted by Crippen LogP contribution is -2.42. The number of halogens is 3. The second-order valence-electron chi connectivity index (χ2n) is 8.75. The van der Waals surface area contributed by atoms with Gasteiger partial charge in [0, 0.05) is 17.7 Å². The van der Waals surface area contributed by atoms with E-state index in [-0.39, 0.29) is 18.4 Å². The van der Waals surface area contributed by atoms with Crippen LogP contribution >= 0.6 is 11.3 Å². The van der Waals surface area contributed by atoms with Gasteiger partial charge in [0.25, 0.3) is 11.5 Å². The summed E-state index contributed by atoms with van der Waals surface area (Å²) in [6.45, 7) is 2.25. The molecule has 0 aliphatic carbocycles. The second kappa shape index (κ2) is 9.55. The van der Waals surface area contributed by atoms with E-state index in [4.69, 9.17) is 4.84 Å². The van der Waals surface area contributed by atoms with Gasteiger partial charge in [0.15, 0.2) is 0 Å². The molecule has 3 heterocycles. The molecule has 5 rings (SSSR count). The summed E-state index contributed by atoms with van der Waals surface area (Å²) in [7, 11) is 1.33. The normalized spacial score (nSPS) is 14.4. The number of rotatable bonds is 5. The zero-order valence-corrected chi connectivity index (χ0v) is 20.8. The van der Waals surface area contributed by atoms with Crippen molar-refractivity contribution in [1.29, 1.82) is 0 Å². The fourth-order valence-electron chi connectivity index (χ4n) is 4.37. The van der Waals surface area contributed by atoms with Gasteiger partial charge in [-0.15, -0.1) is 16.1 Å². The molecule has 11 heteroatoms. The average molecular weight is 529 g/mol. The lowest BCUT2D eigenvalue weighted by molar-refractivity contribution is -0.137. The van der Waals surface area contributed by atoms with Gasteiger partial charge in [-0.25, -0.2) is 4.98 Å². The summed E-state index contributed by atoms with van der Waals surface area (Å²) in [5.41, 5.74) is 0.334. The largest absolute Gasteiger partial charge is 0.416 e. The standard InChI is InChI=1S/C26H23F3N4O3S/c1-15(16-7-9-18(10-8-16)26(27,28)29)30-25-31-20-11-12-32(14-19(20)23(34)33(25)36-2)24(35)22-13-17-5-3-4-6-21(17)37-22/h3-10,13,15H,11-12,14H2,1-2H3,(H,30,31). The number of carbonyl (C=O) groups is 1. The van der Waals surface area contributed by atoms with Crippen LogP contribution < -0.4 is 15.7 Å². The van der Waals surface area contributed by atoms with Crippen molar-refractivity contribution in [1.82, 2.24) is 14.6 Å². The molecule has 2 aromatic carbocycles. The van der Waals surface area contributed by atoms with E-state index in [1.807, 2.05) is 30.3 Å². The molecule has 0 fully saturated rings. The summed E-state index contributed by atoms with van der Waals surface area (Å²) < 4.78 is 40.7. The van der Waals surface area contributed by atoms with Gasteiger partial charge in [-0.3, -0.25) is 9.59 Å². The Morgan fingerprint density at radius 3 is 2.57 bits per heavy atom. The highest BCUT2D eigenvalue weighted by atomic mass is 32.1. The Bertz CT molecular complexity index is 1500. The number of nitrogens with one attached hydrogen (secondary N) is 1. The van der Waals surface area contributed by atoms with Gasteiger partial charge in [0.05, 0.1) is 34.3 Å². The SMILES string of the molecule is COn1c(NC(C)c2ccc(C(F)(F)F)cc2)nc2c(c1=O)CN(C(=O)c1cc3ccccc3s1)CC2. The number of carbonyl (C=O) groups excluding carboxylic acids is 1. The molecule has 2 aromatic heterocycles. The molecule has 1 unspecified atom stereocenters. The average Bonchev–Trinajstić information content (AvgIpc) is 3.32. The van der Waals surface area contributed by atoms with Crippen molar-refractivity contribution < 1.29 is 22.8 Å². The summed E-state index contributed by atoms with van der Waals surface area (Å²) in [4.78, 5) is 38.6. The Hall–Kier alpha value is -3.86. The first kappa shape index (κ1) is 24.8. The van der Waals surface area contributed by atoms with Crippen LogP contribution in [0.4, 0.5) is 19.1 Å². The molecule has 7 nitrogen and oxygen atoms in total. The maximum atomic E-state index is 13.3. The van der Waals surface area contributed by atoms with Gasteiger partial charge in [-0.2, -0.15) is 13.2 Å². The van der Waals surface area contributed by atoms with Crippen LogP contribution in [0, 0.1) is 0 Å². The smallest absolute Gasteiger partial charge is 0.411 e. The molecule has 1 N–H and O–H groups in total. The first-order chi connectivity index (χ1) is 17.7. The van der Waals surface area contributed by atoms with Crippen molar-refractivity contribution in [3.05, 3.63) is 92.2 Å². The van der Waals surface area contributed by atoms with Gasteiger partial charge in [-0.05, 0) is 42.1 Å². The fourth-order valence-corrected chi connectivity index (χ4v) is 5.40. The number of thiophene rings is 1. The number of anilines is 1. The van der Waals surface area contributed by atoms with Crippen LogP contribution in [0.25, 0.3) is 10.1 Å². The Balaban J connectivity index is 1.38. The number of hydrogen-bond acceptors (Lipinski definition) is 6. The second-order valence-corrected chi connectivity index (χ2v) is 9.84. The van der Waals surface area contributed by atoms with Crippen LogP contribution in [0.2, 0.25) is 0 Å². The molecule has 37 heavy (non-hydrogen) atoms. The molecule has 0 bridgehead atoms. The Kier molecular flexibility index (Phi) is 6.40. The quantitative estimate of drug-likeness (QED) is 0.399. The molecule has 0 saturated heterocycles. The number of amides is 1. The highest BCUT2D eigenvalue weighted by molar-refractivity contribution is 7.20. The van der Waals surface area contributed by atoms with Crippen LogP contribution in [0.5, 0.6) is 0 Å². The molecule has 0 saturated carbocycles. The molecule has 1 aliphatic rings. The zero-order valence-electron chi connectivity index (χ0n) is 20.0. The summed E-state index contributed by atoms with van der Waals surface area (Å²) in [5.74, 6) is -0.00345. The van der Waals surface area contributed by atoms with Crippen LogP contribution in [0.3, 0.4) is 0 Å². The maximum absolute atomic E-state index is 13.3. The van der Waals surface area contributed by atoms with Crippen LogP contribution in [0.1, 0.15) is 45.0 Å². The molecular formula is C26H23F3N4O3S. The van der Waals surface area contributed by atoms with E-state index in [9.17, 15) is 22.8 Å². The first-order valence-electron chi connectivity index (χ1n) is 11.6. The topological polar surface area (TPSA) is 76.5 Å². The van der Waals surface area contributed by atoms with Crippen molar-refractivity contribution in [2.24, 2.45) is 0 Å². The number of nitrogens with zero attached hydrogens (tertiary/aromatic N) is 3. The number of fused-ring (bicyclic) bond motifs is 2. The third-order valence-electron chi connectivity index (χ3n) is 6.38. The number of benzene rings is 2. The van der Waals surface area contributed by atoms with Crippen molar-refractivity contribution in [3.63, 3.8) is 0 Å². The molecule has 4 aromatic rings. The third kappa shape index (κ3) is 4.78. The van der Waals surface area contributed by atoms with Gasteiger partial charge in [-0.1, -0.05) is 30.3 Å². The highest BCUT2D eigenvalue weighted by Gasteiger charge is 2.31. The lowest BCUT2D eigenvalue weighted by atomic mass is 10.1. The minimum atomic E-state index is -4.42. The van der Waals surface area contributed by atoms with E-state index in [0.29, 0.717) is 34.7 Å².